The van der Waals surface area contributed by atoms with E-state index in [1.165, 1.54) is 0 Å². The fraction of sp³-hybridized carbons (Fsp3) is 0. The lowest BCUT2D eigenvalue weighted by Gasteiger charge is -2.10. The minimum Gasteiger partial charge on any atom is -0.507 e. The molecule has 0 amide bonds. The Hall–Kier alpha value is -2.36. The van der Waals surface area contributed by atoms with Gasteiger partial charge in [0.05, 0.1) is 11.4 Å². The van der Waals surface area contributed by atoms with Crippen LogP contribution < -0.4 is 11.5 Å². The highest BCUT2D eigenvalue weighted by Crippen LogP contribution is 2.39. The SMILES string of the molecule is Nc1ccc(-c2ccccc2O)c(N)c1O. The van der Waals surface area contributed by atoms with Gasteiger partial charge in [0.1, 0.15) is 5.75 Å². The summed E-state index contributed by atoms with van der Waals surface area (Å²) in [4.78, 5) is 0. The third kappa shape index (κ3) is 1.50. The van der Waals surface area contributed by atoms with Crippen LogP contribution >= 0.6 is 0 Å². The lowest BCUT2D eigenvalue weighted by molar-refractivity contribution is 0.476. The zero-order valence-electron chi connectivity index (χ0n) is 8.51. The van der Waals surface area contributed by atoms with Gasteiger partial charge in [0, 0.05) is 11.1 Å². The molecule has 6 N–H and O–H groups in total. The summed E-state index contributed by atoms with van der Waals surface area (Å²) < 4.78 is 0. The lowest BCUT2D eigenvalue weighted by atomic mass is 10.0. The summed E-state index contributed by atoms with van der Waals surface area (Å²) in [6, 6.07) is 9.99. The predicted molar refractivity (Wildman–Crippen MR) is 64.0 cm³/mol. The van der Waals surface area contributed by atoms with Crippen molar-refractivity contribution in [3.05, 3.63) is 36.4 Å². The first-order valence-electron chi connectivity index (χ1n) is 4.76. The minimum atomic E-state index is -0.152. The summed E-state index contributed by atoms with van der Waals surface area (Å²) >= 11 is 0. The number of nitrogen functional groups attached to an aromatic ring is 2. The lowest BCUT2D eigenvalue weighted by Crippen LogP contribution is -1.95. The van der Waals surface area contributed by atoms with Gasteiger partial charge in [-0.25, -0.2) is 0 Å². The number of rotatable bonds is 1. The van der Waals surface area contributed by atoms with Crippen molar-refractivity contribution >= 4 is 11.4 Å². The molecule has 0 fully saturated rings. The monoisotopic (exact) mass is 216 g/mol. The number of anilines is 2. The maximum absolute atomic E-state index is 9.68. The Morgan fingerprint density at radius 2 is 1.50 bits per heavy atom. The zero-order chi connectivity index (χ0) is 11.7. The van der Waals surface area contributed by atoms with Crippen molar-refractivity contribution in [3.8, 4) is 22.6 Å². The van der Waals surface area contributed by atoms with Crippen LogP contribution in [-0.4, -0.2) is 10.2 Å². The van der Waals surface area contributed by atoms with Gasteiger partial charge >= 0.3 is 0 Å². The third-order valence-corrected chi connectivity index (χ3v) is 2.44. The molecule has 0 heterocycles. The Bertz CT molecular complexity index is 539. The topological polar surface area (TPSA) is 92.5 Å². The Morgan fingerprint density at radius 1 is 0.812 bits per heavy atom. The molecule has 4 nitrogen and oxygen atoms in total. The number of nitrogens with two attached hydrogens (primary N) is 2. The van der Waals surface area contributed by atoms with Crippen LogP contribution in [-0.2, 0) is 0 Å². The second-order valence-corrected chi connectivity index (χ2v) is 3.48. The van der Waals surface area contributed by atoms with E-state index in [4.69, 9.17) is 11.5 Å². The van der Waals surface area contributed by atoms with Crippen LogP contribution in [0.1, 0.15) is 0 Å². The summed E-state index contributed by atoms with van der Waals surface area (Å²) in [7, 11) is 0. The van der Waals surface area contributed by atoms with E-state index in [1.807, 2.05) is 0 Å². The Labute approximate surface area is 92.8 Å². The number of aromatic hydroxyl groups is 2. The van der Waals surface area contributed by atoms with Gasteiger partial charge in [-0.05, 0) is 18.2 Å². The minimum absolute atomic E-state index is 0.110. The van der Waals surface area contributed by atoms with E-state index in [9.17, 15) is 10.2 Å². The van der Waals surface area contributed by atoms with Gasteiger partial charge in [-0.15, -0.1) is 0 Å². The van der Waals surface area contributed by atoms with Gasteiger partial charge < -0.3 is 21.7 Å². The van der Waals surface area contributed by atoms with Crippen LogP contribution in [0.15, 0.2) is 36.4 Å². The molecule has 2 aromatic rings. The van der Waals surface area contributed by atoms with Crippen molar-refractivity contribution < 1.29 is 10.2 Å². The highest BCUT2D eigenvalue weighted by molar-refractivity contribution is 5.87. The molecule has 0 spiro atoms. The number of hydrogen-bond acceptors (Lipinski definition) is 4. The molecule has 0 bridgehead atoms. The first-order valence-corrected chi connectivity index (χ1v) is 4.76. The molecule has 0 aliphatic rings. The first-order chi connectivity index (χ1) is 7.61. The van der Waals surface area contributed by atoms with E-state index >= 15 is 0 Å². The number of phenols is 2. The van der Waals surface area contributed by atoms with Crippen molar-refractivity contribution in [2.75, 3.05) is 11.5 Å². The molecule has 0 saturated carbocycles. The van der Waals surface area contributed by atoms with E-state index in [0.29, 0.717) is 11.1 Å². The highest BCUT2D eigenvalue weighted by atomic mass is 16.3. The van der Waals surface area contributed by atoms with Gasteiger partial charge in [-0.2, -0.15) is 0 Å². The molecule has 16 heavy (non-hydrogen) atoms. The molecule has 0 radical (unpaired) electrons. The molecule has 0 atom stereocenters. The number of hydrogen-bond donors (Lipinski definition) is 4. The smallest absolute Gasteiger partial charge is 0.162 e. The average Bonchev–Trinajstić information content (AvgIpc) is 2.28. The molecule has 0 aromatic heterocycles. The second kappa shape index (κ2) is 3.66. The summed E-state index contributed by atoms with van der Waals surface area (Å²) in [6.07, 6.45) is 0. The van der Waals surface area contributed by atoms with Gasteiger partial charge in [-0.3, -0.25) is 0 Å². The van der Waals surface area contributed by atoms with E-state index in [2.05, 4.69) is 0 Å². The molecule has 0 unspecified atom stereocenters. The van der Waals surface area contributed by atoms with Gasteiger partial charge in [-0.1, -0.05) is 18.2 Å². The van der Waals surface area contributed by atoms with E-state index < -0.39 is 0 Å². The summed E-state index contributed by atoms with van der Waals surface area (Å²) in [5.41, 5.74) is 12.8. The van der Waals surface area contributed by atoms with Crippen molar-refractivity contribution in [2.45, 2.75) is 0 Å². The number of para-hydroxylation sites is 1. The zero-order valence-corrected chi connectivity index (χ0v) is 8.51. The van der Waals surface area contributed by atoms with Crippen LogP contribution in [0.4, 0.5) is 11.4 Å². The van der Waals surface area contributed by atoms with E-state index in [-0.39, 0.29) is 22.9 Å². The standard InChI is InChI=1S/C12H12N2O2/c13-9-6-5-8(11(14)12(9)16)7-3-1-2-4-10(7)15/h1-6,15-16H,13-14H2. The second-order valence-electron chi connectivity index (χ2n) is 3.48. The molecular weight excluding hydrogens is 204 g/mol. The molecule has 0 aliphatic carbocycles. The molecule has 2 aromatic carbocycles. The van der Waals surface area contributed by atoms with Gasteiger partial charge in [0.25, 0.3) is 0 Å². The molecular formula is C12H12N2O2. The highest BCUT2D eigenvalue weighted by Gasteiger charge is 2.11. The third-order valence-electron chi connectivity index (χ3n) is 2.44. The average molecular weight is 216 g/mol. The molecule has 4 heteroatoms. The van der Waals surface area contributed by atoms with Gasteiger partial charge in [0.2, 0.25) is 0 Å². The van der Waals surface area contributed by atoms with Crippen molar-refractivity contribution in [2.24, 2.45) is 0 Å². The van der Waals surface area contributed by atoms with Crippen LogP contribution in [0.5, 0.6) is 11.5 Å². The summed E-state index contributed by atoms with van der Waals surface area (Å²) in [5, 5.41) is 19.3. The molecule has 0 aliphatic heterocycles. The fourth-order valence-electron chi connectivity index (χ4n) is 1.56. The van der Waals surface area contributed by atoms with E-state index in [0.717, 1.165) is 0 Å². The molecule has 0 saturated heterocycles. The predicted octanol–water partition coefficient (Wildman–Crippen LogP) is 1.93. The van der Waals surface area contributed by atoms with Crippen molar-refractivity contribution in [3.63, 3.8) is 0 Å². The fourth-order valence-corrected chi connectivity index (χ4v) is 1.56. The molecule has 2 rings (SSSR count). The summed E-state index contributed by atoms with van der Waals surface area (Å²) in [6.45, 7) is 0. The molecule has 82 valence electrons. The van der Waals surface area contributed by atoms with Crippen molar-refractivity contribution in [1.82, 2.24) is 0 Å². The van der Waals surface area contributed by atoms with Crippen LogP contribution in [0, 0.1) is 0 Å². The normalized spacial score (nSPS) is 10.2. The Morgan fingerprint density at radius 3 is 2.19 bits per heavy atom. The largest absolute Gasteiger partial charge is 0.507 e. The Balaban J connectivity index is 2.66. The quantitative estimate of drug-likeness (QED) is 0.433. The Kier molecular flexibility index (Phi) is 2.32. The first kappa shape index (κ1) is 10.2. The van der Waals surface area contributed by atoms with Crippen molar-refractivity contribution in [1.29, 1.82) is 0 Å². The maximum Gasteiger partial charge on any atom is 0.162 e. The van der Waals surface area contributed by atoms with Crippen LogP contribution in [0.25, 0.3) is 11.1 Å². The number of benzene rings is 2. The van der Waals surface area contributed by atoms with Gasteiger partial charge in [0.15, 0.2) is 5.75 Å². The summed E-state index contributed by atoms with van der Waals surface area (Å²) in [5.74, 6) is -0.0425. The van der Waals surface area contributed by atoms with E-state index in [1.54, 1.807) is 36.4 Å². The maximum atomic E-state index is 9.68. The van der Waals surface area contributed by atoms with Crippen LogP contribution in [0.2, 0.25) is 0 Å². The number of phenolic OH excluding ortho intramolecular Hbond substituents is 2. The van der Waals surface area contributed by atoms with Crippen LogP contribution in [0.3, 0.4) is 0 Å².